The first-order valence-electron chi connectivity index (χ1n) is 18.6. The minimum atomic E-state index is -2.36. The fraction of sp³-hybridized carbons (Fsp3) is 0.0714. The minimum Gasteiger partial charge on any atom is -0.486 e. The Labute approximate surface area is 299 Å². The van der Waals surface area contributed by atoms with Crippen molar-refractivity contribution in [1.82, 2.24) is 15.0 Å². The molecular weight excluding hydrogens is 755 g/mol. The molecule has 5 heteroatoms. The van der Waals surface area contributed by atoms with Gasteiger partial charge in [-0.25, -0.2) is 4.98 Å². The molecule has 4 heterocycles. The molecule has 0 unspecified atom stereocenters. The van der Waals surface area contributed by atoms with Crippen LogP contribution in [0.15, 0.2) is 144 Å². The smallest absolute Gasteiger partial charge is 0.216 e. The minimum absolute atomic E-state index is 0. The van der Waals surface area contributed by atoms with E-state index in [1.807, 2.05) is 60.7 Å². The predicted octanol–water partition coefficient (Wildman–Crippen LogP) is 10.3. The molecule has 4 nitrogen and oxygen atoms in total. The fourth-order valence-corrected chi connectivity index (χ4v) is 5.10. The number of hydrogen-bond acceptors (Lipinski definition) is 4. The van der Waals surface area contributed by atoms with E-state index < -0.39 is 20.1 Å². The van der Waals surface area contributed by atoms with Gasteiger partial charge in [-0.3, -0.25) is 0 Å². The van der Waals surface area contributed by atoms with Crippen LogP contribution in [0.1, 0.15) is 33.4 Å². The summed E-state index contributed by atoms with van der Waals surface area (Å²) in [6.07, 6.45) is 1.16. The van der Waals surface area contributed by atoms with E-state index in [-0.39, 0.29) is 42.6 Å². The van der Waals surface area contributed by atoms with Crippen LogP contribution in [-0.2, 0) is 26.5 Å². The SMILES string of the molecule is [2H]C([2H])([2H])c1cc(-c2[c-]ccc3c2oc2nc(C([2H])([2H])c4ccccc4)ccc23)ncc1-c1ccccc1.[2H]C([2H])([2H])c1ccc(-c2[c-]cccc2)nc1.[Ir]. The molecule has 0 saturated heterocycles. The molecule has 0 aliphatic heterocycles. The summed E-state index contributed by atoms with van der Waals surface area (Å²) in [5, 5.41) is 1.48. The molecule has 47 heavy (non-hydrogen) atoms. The molecule has 4 aromatic heterocycles. The molecule has 0 aliphatic rings. The molecule has 0 spiro atoms. The van der Waals surface area contributed by atoms with Crippen molar-refractivity contribution >= 4 is 22.1 Å². The Morgan fingerprint density at radius 3 is 2.28 bits per heavy atom. The van der Waals surface area contributed by atoms with Gasteiger partial charge in [0, 0.05) is 66.5 Å². The van der Waals surface area contributed by atoms with Gasteiger partial charge in [0.1, 0.15) is 0 Å². The zero-order chi connectivity index (χ0) is 38.1. The molecule has 0 N–H and O–H groups in total. The normalized spacial score (nSPS) is 14.0. The summed E-state index contributed by atoms with van der Waals surface area (Å²) in [7, 11) is 0. The van der Waals surface area contributed by atoms with Crippen molar-refractivity contribution < 1.29 is 35.5 Å². The largest absolute Gasteiger partial charge is 0.486 e. The van der Waals surface area contributed by atoms with E-state index in [1.165, 1.54) is 6.20 Å². The summed E-state index contributed by atoms with van der Waals surface area (Å²) >= 11 is 0. The number of hydrogen-bond donors (Lipinski definition) is 0. The number of nitrogens with zero attached hydrogens (tertiary/aromatic N) is 3. The van der Waals surface area contributed by atoms with Gasteiger partial charge in [-0.2, -0.15) is 0 Å². The van der Waals surface area contributed by atoms with Gasteiger partial charge in [0.05, 0.1) is 5.58 Å². The Morgan fingerprint density at radius 1 is 0.723 bits per heavy atom. The van der Waals surface area contributed by atoms with Crippen LogP contribution in [0.3, 0.4) is 0 Å². The molecule has 0 saturated carbocycles. The van der Waals surface area contributed by atoms with Crippen LogP contribution in [0, 0.1) is 25.8 Å². The molecule has 0 aliphatic carbocycles. The number of benzene rings is 4. The van der Waals surface area contributed by atoms with Gasteiger partial charge < -0.3 is 14.4 Å². The van der Waals surface area contributed by atoms with Crippen LogP contribution in [-0.4, -0.2) is 15.0 Å². The van der Waals surface area contributed by atoms with E-state index in [2.05, 4.69) is 27.1 Å². The van der Waals surface area contributed by atoms with Crippen molar-refractivity contribution in [1.29, 1.82) is 0 Å². The van der Waals surface area contributed by atoms with Crippen molar-refractivity contribution in [3.05, 3.63) is 174 Å². The van der Waals surface area contributed by atoms with Gasteiger partial charge >= 0.3 is 0 Å². The van der Waals surface area contributed by atoms with Gasteiger partial charge in [0.25, 0.3) is 0 Å². The van der Waals surface area contributed by atoms with Gasteiger partial charge in [0.2, 0.25) is 5.71 Å². The second-order valence-electron chi connectivity index (χ2n) is 10.4. The van der Waals surface area contributed by atoms with Crippen LogP contribution in [0.5, 0.6) is 0 Å². The van der Waals surface area contributed by atoms with E-state index >= 15 is 0 Å². The third-order valence-corrected chi connectivity index (χ3v) is 7.34. The van der Waals surface area contributed by atoms with Gasteiger partial charge in [0.15, 0.2) is 0 Å². The Bertz CT molecular complexity index is 2540. The average Bonchev–Trinajstić information content (AvgIpc) is 3.57. The molecule has 1 radical (unpaired) electrons. The third-order valence-electron chi connectivity index (χ3n) is 7.34. The maximum absolute atomic E-state index is 8.66. The molecule has 8 aromatic rings. The Morgan fingerprint density at radius 2 is 1.53 bits per heavy atom. The third kappa shape index (κ3) is 7.12. The van der Waals surface area contributed by atoms with Crippen LogP contribution in [0.4, 0.5) is 0 Å². The molecule has 0 bridgehead atoms. The number of pyridine rings is 3. The summed E-state index contributed by atoms with van der Waals surface area (Å²) in [5.41, 5.74) is 5.76. The number of fused-ring (bicyclic) bond motifs is 3. The summed E-state index contributed by atoms with van der Waals surface area (Å²) in [5.74, 6) is 0. The molecule has 0 amide bonds. The molecule has 4 aromatic carbocycles. The van der Waals surface area contributed by atoms with Crippen molar-refractivity contribution in [3.63, 3.8) is 0 Å². The molecule has 231 valence electrons. The van der Waals surface area contributed by atoms with Crippen molar-refractivity contribution in [2.45, 2.75) is 20.1 Å². The van der Waals surface area contributed by atoms with Crippen molar-refractivity contribution in [3.8, 4) is 33.6 Å². The zero-order valence-corrected chi connectivity index (χ0v) is 27.3. The topological polar surface area (TPSA) is 51.8 Å². The van der Waals surface area contributed by atoms with Crippen molar-refractivity contribution in [2.75, 3.05) is 0 Å². The van der Waals surface area contributed by atoms with Crippen LogP contribution >= 0.6 is 0 Å². The van der Waals surface area contributed by atoms with Gasteiger partial charge in [-0.05, 0) is 59.5 Å². The Hall–Kier alpha value is -5.22. The summed E-state index contributed by atoms with van der Waals surface area (Å²) in [6, 6.07) is 43.7. The second-order valence-corrected chi connectivity index (χ2v) is 10.4. The summed E-state index contributed by atoms with van der Waals surface area (Å²) in [4.78, 5) is 13.3. The maximum Gasteiger partial charge on any atom is 0.216 e. The van der Waals surface area contributed by atoms with Crippen LogP contribution in [0.25, 0.3) is 55.7 Å². The Balaban J connectivity index is 0.000000254. The van der Waals surface area contributed by atoms with Crippen LogP contribution < -0.4 is 0 Å². The quantitative estimate of drug-likeness (QED) is 0.163. The fourth-order valence-electron chi connectivity index (χ4n) is 5.10. The number of aryl methyl sites for hydroxylation is 2. The van der Waals surface area contributed by atoms with E-state index in [9.17, 15) is 0 Å². The van der Waals surface area contributed by atoms with E-state index in [0.29, 0.717) is 28.0 Å². The van der Waals surface area contributed by atoms with E-state index in [4.69, 9.17) is 15.4 Å². The molecular formula is C42H31IrN3O-2. The van der Waals surface area contributed by atoms with E-state index in [0.717, 1.165) is 27.6 Å². The first-order chi connectivity index (χ1) is 25.8. The number of rotatable bonds is 5. The zero-order valence-electron chi connectivity index (χ0n) is 32.9. The Kier molecular flexibility index (Phi) is 7.13. The standard InChI is InChI=1S/C30H21N2O.C12H10N.Ir/c1-20-17-28(31-19-27(20)22-11-6-3-7-12-22)26-14-8-13-24-25-16-15-23(32-30(25)33-29(24)26)18-21-9-4-2-5-10-21;1-10-7-8-12(13-9-10)11-5-3-2-4-6-11;/h2-13,15-17,19H,18H2,1H3;2-5,7-9H,1H3;/q2*-1;/i1D3,18D2;1D3;. The van der Waals surface area contributed by atoms with Gasteiger partial charge in [-0.1, -0.05) is 89.8 Å². The second kappa shape index (κ2) is 14.5. The maximum atomic E-state index is 8.66. The summed E-state index contributed by atoms with van der Waals surface area (Å²) in [6.45, 7) is -4.45. The predicted molar refractivity (Wildman–Crippen MR) is 186 cm³/mol. The first-order valence-corrected chi connectivity index (χ1v) is 14.6. The van der Waals surface area contributed by atoms with Crippen molar-refractivity contribution in [2.24, 2.45) is 0 Å². The molecule has 0 atom stereocenters. The molecule has 0 fully saturated rings. The monoisotopic (exact) mass is 794 g/mol. The van der Waals surface area contributed by atoms with Crippen LogP contribution in [0.2, 0.25) is 0 Å². The van der Waals surface area contributed by atoms with E-state index in [1.54, 1.807) is 72.9 Å². The average molecular weight is 794 g/mol. The van der Waals surface area contributed by atoms with Gasteiger partial charge in [-0.15, -0.1) is 54.1 Å². The molecule has 8 rings (SSSR count). The number of furan rings is 1. The summed E-state index contributed by atoms with van der Waals surface area (Å²) < 4.78 is 69.6. The number of aromatic nitrogens is 3. The first kappa shape index (κ1) is 23.2.